The van der Waals surface area contributed by atoms with E-state index in [0.717, 1.165) is 49.4 Å². The Morgan fingerprint density at radius 3 is 2.73 bits per heavy atom. The Morgan fingerprint density at radius 2 is 1.96 bits per heavy atom. The molecule has 0 saturated carbocycles. The minimum Gasteiger partial charge on any atom is -0.338 e. The van der Waals surface area contributed by atoms with Gasteiger partial charge in [0.1, 0.15) is 5.15 Å². The van der Waals surface area contributed by atoms with Crippen LogP contribution in [0.25, 0.3) is 6.08 Å². The van der Waals surface area contributed by atoms with Crippen LogP contribution in [-0.2, 0) is 11.3 Å². The van der Waals surface area contributed by atoms with E-state index >= 15 is 0 Å². The summed E-state index contributed by atoms with van der Waals surface area (Å²) in [4.78, 5) is 16.7. The molecule has 1 aliphatic heterocycles. The largest absolute Gasteiger partial charge is 0.338 e. The third kappa shape index (κ3) is 4.54. The molecule has 2 aromatic rings. The number of likely N-dealkylation sites (N-methyl/N-ethyl adjacent to an activating group) is 1. The molecule has 3 rings (SSSR count). The smallest absolute Gasteiger partial charge is 0.246 e. The molecule has 6 heteroatoms. The van der Waals surface area contributed by atoms with Gasteiger partial charge in [0, 0.05) is 31.3 Å². The lowest BCUT2D eigenvalue weighted by Gasteiger charge is -2.18. The van der Waals surface area contributed by atoms with E-state index in [4.69, 9.17) is 11.6 Å². The monoisotopic (exact) mass is 372 g/mol. The first kappa shape index (κ1) is 18.7. The molecule has 0 bridgehead atoms. The molecule has 138 valence electrons. The third-order valence-corrected chi connectivity index (χ3v) is 5.11. The highest BCUT2D eigenvalue weighted by molar-refractivity contribution is 6.31. The van der Waals surface area contributed by atoms with Gasteiger partial charge in [-0.1, -0.05) is 41.9 Å². The molecular weight excluding hydrogens is 348 g/mol. The molecule has 5 nitrogen and oxygen atoms in total. The Kier molecular flexibility index (Phi) is 6.12. The minimum absolute atomic E-state index is 0.0339. The number of amides is 1. The first-order valence-electron chi connectivity index (χ1n) is 8.97. The van der Waals surface area contributed by atoms with Crippen LogP contribution in [-0.4, -0.2) is 58.7 Å². The molecule has 0 unspecified atom stereocenters. The number of aryl methyl sites for hydroxylation is 1. The lowest BCUT2D eigenvalue weighted by atomic mass is 10.2. The lowest BCUT2D eigenvalue weighted by molar-refractivity contribution is -0.125. The number of hydrogen-bond donors (Lipinski definition) is 0. The van der Waals surface area contributed by atoms with Gasteiger partial charge in [-0.05, 0) is 38.6 Å². The van der Waals surface area contributed by atoms with E-state index in [9.17, 15) is 4.79 Å². The van der Waals surface area contributed by atoms with Crippen LogP contribution >= 0.6 is 11.6 Å². The molecule has 1 fully saturated rings. The van der Waals surface area contributed by atoms with Crippen LogP contribution < -0.4 is 0 Å². The highest BCUT2D eigenvalue weighted by Crippen LogP contribution is 2.22. The summed E-state index contributed by atoms with van der Waals surface area (Å²) in [5, 5.41) is 5.08. The number of benzene rings is 1. The summed E-state index contributed by atoms with van der Waals surface area (Å²) >= 11 is 6.51. The first-order chi connectivity index (χ1) is 12.5. The predicted octanol–water partition coefficient (Wildman–Crippen LogP) is 3.07. The summed E-state index contributed by atoms with van der Waals surface area (Å²) in [6, 6.07) is 10.1. The fraction of sp³-hybridized carbons (Fsp3) is 0.400. The molecule has 2 heterocycles. The van der Waals surface area contributed by atoms with E-state index in [1.54, 1.807) is 16.8 Å². The maximum Gasteiger partial charge on any atom is 0.246 e. The number of nitrogens with zero attached hydrogens (tertiary/aromatic N) is 4. The maximum atomic E-state index is 12.5. The average Bonchev–Trinajstić information content (AvgIpc) is 2.78. The Bertz CT molecular complexity index is 785. The van der Waals surface area contributed by atoms with Crippen LogP contribution in [0.1, 0.15) is 23.2 Å². The molecule has 1 aromatic heterocycles. The number of aromatic nitrogens is 2. The van der Waals surface area contributed by atoms with Crippen molar-refractivity contribution in [3.05, 3.63) is 58.4 Å². The van der Waals surface area contributed by atoms with Crippen molar-refractivity contribution in [2.75, 3.05) is 33.2 Å². The first-order valence-corrected chi connectivity index (χ1v) is 9.35. The van der Waals surface area contributed by atoms with E-state index in [2.05, 4.69) is 17.0 Å². The number of carbonyl (C=O) groups excluding carboxylic acids is 1. The van der Waals surface area contributed by atoms with Gasteiger partial charge in [-0.2, -0.15) is 5.10 Å². The van der Waals surface area contributed by atoms with Gasteiger partial charge in [0.15, 0.2) is 0 Å². The Balaban J connectivity index is 1.71. The fourth-order valence-electron chi connectivity index (χ4n) is 3.14. The van der Waals surface area contributed by atoms with Crippen molar-refractivity contribution >= 4 is 23.6 Å². The molecule has 0 N–H and O–H groups in total. The molecule has 26 heavy (non-hydrogen) atoms. The van der Waals surface area contributed by atoms with Crippen molar-refractivity contribution in [1.29, 1.82) is 0 Å². The number of hydrogen-bond acceptors (Lipinski definition) is 3. The second kappa shape index (κ2) is 8.52. The summed E-state index contributed by atoms with van der Waals surface area (Å²) in [7, 11) is 2.09. The van der Waals surface area contributed by atoms with Gasteiger partial charge < -0.3 is 9.80 Å². The molecule has 1 saturated heterocycles. The van der Waals surface area contributed by atoms with Gasteiger partial charge in [-0.3, -0.25) is 4.79 Å². The number of rotatable bonds is 4. The van der Waals surface area contributed by atoms with Crippen LogP contribution in [0.5, 0.6) is 0 Å². The SMILES string of the molecule is Cc1nn(Cc2ccccc2)c(Cl)c1/C=C/C(=O)N1CCCN(C)CC1. The molecule has 0 atom stereocenters. The van der Waals surface area contributed by atoms with Gasteiger partial charge in [-0.25, -0.2) is 4.68 Å². The van der Waals surface area contributed by atoms with Crippen molar-refractivity contribution < 1.29 is 4.79 Å². The average molecular weight is 373 g/mol. The van der Waals surface area contributed by atoms with Gasteiger partial charge in [-0.15, -0.1) is 0 Å². The van der Waals surface area contributed by atoms with Gasteiger partial charge in [0.05, 0.1) is 12.2 Å². The summed E-state index contributed by atoms with van der Waals surface area (Å²) < 4.78 is 1.78. The van der Waals surface area contributed by atoms with Crippen molar-refractivity contribution in [1.82, 2.24) is 19.6 Å². The highest BCUT2D eigenvalue weighted by Gasteiger charge is 2.16. The zero-order valence-corrected chi connectivity index (χ0v) is 16.1. The Morgan fingerprint density at radius 1 is 1.19 bits per heavy atom. The Hall–Kier alpha value is -2.11. The number of carbonyl (C=O) groups is 1. The normalized spacial score (nSPS) is 16.2. The van der Waals surface area contributed by atoms with Crippen molar-refractivity contribution in [3.63, 3.8) is 0 Å². The number of halogens is 1. The molecule has 0 radical (unpaired) electrons. The summed E-state index contributed by atoms with van der Waals surface area (Å²) in [6.45, 7) is 6.03. The predicted molar refractivity (Wildman–Crippen MR) is 105 cm³/mol. The van der Waals surface area contributed by atoms with Crippen LogP contribution in [0.15, 0.2) is 36.4 Å². The van der Waals surface area contributed by atoms with Crippen LogP contribution in [0.2, 0.25) is 5.15 Å². The van der Waals surface area contributed by atoms with Gasteiger partial charge in [0.25, 0.3) is 0 Å². The molecule has 1 aliphatic rings. The van der Waals surface area contributed by atoms with E-state index in [-0.39, 0.29) is 5.91 Å². The van der Waals surface area contributed by atoms with E-state index in [1.807, 2.05) is 42.2 Å². The summed E-state index contributed by atoms with van der Waals surface area (Å²) in [6.07, 6.45) is 4.42. The Labute approximate surface area is 159 Å². The zero-order valence-electron chi connectivity index (χ0n) is 15.4. The van der Waals surface area contributed by atoms with Crippen molar-refractivity contribution in [3.8, 4) is 0 Å². The summed E-state index contributed by atoms with van der Waals surface area (Å²) in [5.41, 5.74) is 2.77. The lowest BCUT2D eigenvalue weighted by Crippen LogP contribution is -2.33. The third-order valence-electron chi connectivity index (χ3n) is 4.71. The van der Waals surface area contributed by atoms with Crippen molar-refractivity contribution in [2.24, 2.45) is 0 Å². The molecule has 0 aliphatic carbocycles. The topological polar surface area (TPSA) is 41.4 Å². The van der Waals surface area contributed by atoms with Gasteiger partial charge >= 0.3 is 0 Å². The fourth-order valence-corrected chi connectivity index (χ4v) is 3.44. The quantitative estimate of drug-likeness (QED) is 0.774. The van der Waals surface area contributed by atoms with Gasteiger partial charge in [0.2, 0.25) is 5.91 Å². The van der Waals surface area contributed by atoms with E-state index < -0.39 is 0 Å². The maximum absolute atomic E-state index is 12.5. The van der Waals surface area contributed by atoms with Crippen molar-refractivity contribution in [2.45, 2.75) is 19.9 Å². The zero-order chi connectivity index (χ0) is 18.5. The van der Waals surface area contributed by atoms with Crippen LogP contribution in [0.3, 0.4) is 0 Å². The summed E-state index contributed by atoms with van der Waals surface area (Å²) in [5.74, 6) is 0.0339. The van der Waals surface area contributed by atoms with E-state index in [1.165, 1.54) is 0 Å². The van der Waals surface area contributed by atoms with Crippen LogP contribution in [0.4, 0.5) is 0 Å². The molecule has 1 amide bonds. The second-order valence-corrected chi connectivity index (χ2v) is 7.11. The standard InChI is InChI=1S/C20H25ClN4O/c1-16-18(9-10-19(26)24-12-6-11-23(2)13-14-24)20(21)25(22-16)15-17-7-4-3-5-8-17/h3-5,7-10H,6,11-15H2,1-2H3/b10-9+. The van der Waals surface area contributed by atoms with E-state index in [0.29, 0.717) is 11.7 Å². The molecule has 0 spiro atoms. The second-order valence-electron chi connectivity index (χ2n) is 6.75. The minimum atomic E-state index is 0.0339. The highest BCUT2D eigenvalue weighted by atomic mass is 35.5. The van der Waals surface area contributed by atoms with Crippen LogP contribution in [0, 0.1) is 6.92 Å². The molecular formula is C20H25ClN4O. The molecule has 1 aromatic carbocycles.